The molecule has 150 valence electrons. The number of fused-ring (bicyclic) bond motifs is 2. The normalized spacial score (nSPS) is 25.3. The van der Waals surface area contributed by atoms with Gasteiger partial charge in [-0.2, -0.15) is 0 Å². The molecule has 2 aromatic rings. The van der Waals surface area contributed by atoms with Gasteiger partial charge in [0.05, 0.1) is 0 Å². The van der Waals surface area contributed by atoms with E-state index in [-0.39, 0.29) is 23.5 Å². The molecular weight excluding hydrogens is 370 g/mol. The van der Waals surface area contributed by atoms with Crippen LogP contribution in [0.3, 0.4) is 0 Å². The third-order valence-corrected chi connectivity index (χ3v) is 6.46. The predicted octanol–water partition coefficient (Wildman–Crippen LogP) is 4.74. The van der Waals surface area contributed by atoms with E-state index in [0.29, 0.717) is 24.2 Å². The van der Waals surface area contributed by atoms with Gasteiger partial charge in [-0.25, -0.2) is 17.6 Å². The predicted molar refractivity (Wildman–Crippen MR) is 97.6 cm³/mol. The van der Waals surface area contributed by atoms with Crippen molar-refractivity contribution in [3.05, 3.63) is 70.8 Å². The largest absolute Gasteiger partial charge is 0.380 e. The zero-order valence-corrected chi connectivity index (χ0v) is 15.6. The summed E-state index contributed by atoms with van der Waals surface area (Å²) in [4.78, 5) is 2.35. The van der Waals surface area contributed by atoms with Crippen LogP contribution in [0.15, 0.2) is 36.4 Å². The summed E-state index contributed by atoms with van der Waals surface area (Å²) in [5.74, 6) is -3.28. The van der Waals surface area contributed by atoms with Crippen molar-refractivity contribution >= 4 is 0 Å². The van der Waals surface area contributed by atoms with Gasteiger partial charge in [0.1, 0.15) is 28.9 Å². The van der Waals surface area contributed by atoms with E-state index in [1.807, 2.05) is 0 Å². The average Bonchev–Trinajstić information content (AvgIpc) is 2.81. The van der Waals surface area contributed by atoms with Crippen LogP contribution in [-0.2, 0) is 5.60 Å². The minimum absolute atomic E-state index is 0.0266. The molecule has 2 heterocycles. The number of aliphatic hydroxyl groups is 1. The van der Waals surface area contributed by atoms with Gasteiger partial charge in [0.25, 0.3) is 0 Å². The molecule has 28 heavy (non-hydrogen) atoms. The van der Waals surface area contributed by atoms with Crippen LogP contribution in [0.2, 0.25) is 0 Å². The van der Waals surface area contributed by atoms with Crippen LogP contribution in [0.25, 0.3) is 0 Å². The number of hydrogen-bond acceptors (Lipinski definition) is 2. The van der Waals surface area contributed by atoms with Crippen molar-refractivity contribution in [2.45, 2.75) is 49.8 Å². The van der Waals surface area contributed by atoms with Crippen molar-refractivity contribution < 1.29 is 22.7 Å². The molecule has 0 aromatic heterocycles. The summed E-state index contributed by atoms with van der Waals surface area (Å²) in [6, 6.07) is 6.39. The molecule has 2 atom stereocenters. The van der Waals surface area contributed by atoms with Crippen LogP contribution in [0.1, 0.15) is 43.2 Å². The van der Waals surface area contributed by atoms with Crippen molar-refractivity contribution in [3.63, 3.8) is 0 Å². The maximum absolute atomic E-state index is 13.9. The molecule has 0 saturated carbocycles. The van der Waals surface area contributed by atoms with E-state index in [2.05, 4.69) is 11.9 Å². The van der Waals surface area contributed by atoms with E-state index >= 15 is 0 Å². The Morgan fingerprint density at radius 2 is 1.21 bits per heavy atom. The van der Waals surface area contributed by atoms with Gasteiger partial charge in [-0.1, -0.05) is 0 Å². The summed E-state index contributed by atoms with van der Waals surface area (Å²) in [5, 5.41) is 11.6. The lowest BCUT2D eigenvalue weighted by Crippen LogP contribution is -2.42. The lowest BCUT2D eigenvalue weighted by molar-refractivity contribution is 0.0259. The van der Waals surface area contributed by atoms with E-state index in [0.717, 1.165) is 49.9 Å². The fourth-order valence-electron chi connectivity index (χ4n) is 5.10. The second-order valence-electron chi connectivity index (χ2n) is 8.27. The van der Waals surface area contributed by atoms with Gasteiger partial charge in [-0.15, -0.1) is 0 Å². The van der Waals surface area contributed by atoms with Crippen LogP contribution in [-0.4, -0.2) is 29.1 Å². The Morgan fingerprint density at radius 1 is 0.821 bits per heavy atom. The molecule has 6 heteroatoms. The van der Waals surface area contributed by atoms with Crippen LogP contribution in [0.5, 0.6) is 0 Å². The Balaban J connectivity index is 1.75. The monoisotopic (exact) mass is 393 g/mol. The summed E-state index contributed by atoms with van der Waals surface area (Å²) < 4.78 is 55.6. The van der Waals surface area contributed by atoms with E-state index < -0.39 is 28.9 Å². The van der Waals surface area contributed by atoms with Gasteiger partial charge in [0.15, 0.2) is 0 Å². The highest BCUT2D eigenvalue weighted by molar-refractivity contribution is 5.37. The summed E-state index contributed by atoms with van der Waals surface area (Å²) in [6.07, 6.45) is 3.99. The number of hydrogen-bond donors (Lipinski definition) is 1. The minimum atomic E-state index is -1.88. The summed E-state index contributed by atoms with van der Waals surface area (Å²) >= 11 is 0. The smallest absolute Gasteiger partial charge is 0.126 e. The molecule has 4 rings (SSSR count). The van der Waals surface area contributed by atoms with Crippen molar-refractivity contribution in [2.24, 2.45) is 5.92 Å². The standard InChI is InChI=1S/C22H23F4NO/c1-27-20-2-3-21(27)5-13(4-20)12-22(28,14-6-16(23)10-17(24)7-14)15-8-18(25)11-19(26)9-15/h6-11,13,20-21,28H,2-5,12H2,1H3. The molecule has 2 aromatic carbocycles. The lowest BCUT2D eigenvalue weighted by atomic mass is 9.75. The highest BCUT2D eigenvalue weighted by Crippen LogP contribution is 2.45. The molecule has 0 aliphatic carbocycles. The third kappa shape index (κ3) is 3.55. The van der Waals surface area contributed by atoms with E-state index in [9.17, 15) is 22.7 Å². The Hall–Kier alpha value is -1.92. The Labute approximate surface area is 161 Å². The Bertz CT molecular complexity index is 781. The minimum Gasteiger partial charge on any atom is -0.380 e. The fourth-order valence-corrected chi connectivity index (χ4v) is 5.10. The Morgan fingerprint density at radius 3 is 1.61 bits per heavy atom. The van der Waals surface area contributed by atoms with Gasteiger partial charge in [0, 0.05) is 24.2 Å². The van der Waals surface area contributed by atoms with Crippen LogP contribution < -0.4 is 0 Å². The van der Waals surface area contributed by atoms with Crippen molar-refractivity contribution in [1.82, 2.24) is 4.90 Å². The molecule has 2 aliphatic heterocycles. The van der Waals surface area contributed by atoms with E-state index in [4.69, 9.17) is 0 Å². The molecule has 2 aliphatic rings. The highest BCUT2D eigenvalue weighted by Gasteiger charge is 2.43. The molecule has 2 unspecified atom stereocenters. The van der Waals surface area contributed by atoms with Gasteiger partial charge in [-0.05, 0) is 80.5 Å². The molecule has 0 radical (unpaired) electrons. The number of halogens is 4. The second-order valence-corrected chi connectivity index (χ2v) is 8.27. The number of benzene rings is 2. The molecule has 0 amide bonds. The summed E-state index contributed by atoms with van der Waals surface area (Å²) in [5.41, 5.74) is -1.94. The first kappa shape index (κ1) is 19.4. The zero-order chi connectivity index (χ0) is 20.1. The van der Waals surface area contributed by atoms with Crippen molar-refractivity contribution in [1.29, 1.82) is 0 Å². The van der Waals surface area contributed by atoms with E-state index in [1.54, 1.807) is 0 Å². The van der Waals surface area contributed by atoms with Crippen LogP contribution in [0.4, 0.5) is 17.6 Å². The first-order valence-corrected chi connectivity index (χ1v) is 9.62. The molecule has 0 spiro atoms. The average molecular weight is 393 g/mol. The van der Waals surface area contributed by atoms with Crippen molar-refractivity contribution in [3.8, 4) is 0 Å². The number of rotatable bonds is 4. The second kappa shape index (κ2) is 7.16. The number of piperidine rings is 1. The third-order valence-electron chi connectivity index (χ3n) is 6.46. The SMILES string of the molecule is CN1C2CCC1CC(CC(O)(c1cc(F)cc(F)c1)c1cc(F)cc(F)c1)C2. The Kier molecular flexibility index (Phi) is 4.96. The van der Waals surface area contributed by atoms with Gasteiger partial charge in [-0.3, -0.25) is 0 Å². The van der Waals surface area contributed by atoms with Crippen LogP contribution in [0, 0.1) is 29.2 Å². The first-order chi connectivity index (χ1) is 13.2. The quantitative estimate of drug-likeness (QED) is 0.759. The van der Waals surface area contributed by atoms with Crippen molar-refractivity contribution in [2.75, 3.05) is 7.05 Å². The van der Waals surface area contributed by atoms with Gasteiger partial charge < -0.3 is 10.0 Å². The van der Waals surface area contributed by atoms with Gasteiger partial charge >= 0.3 is 0 Å². The molecular formula is C22H23F4NO. The fraction of sp³-hybridized carbons (Fsp3) is 0.455. The number of nitrogens with zero attached hydrogens (tertiary/aromatic N) is 1. The molecule has 2 nitrogen and oxygen atoms in total. The highest BCUT2D eigenvalue weighted by atomic mass is 19.1. The zero-order valence-electron chi connectivity index (χ0n) is 15.6. The molecule has 1 N–H and O–H groups in total. The molecule has 2 saturated heterocycles. The van der Waals surface area contributed by atoms with E-state index in [1.165, 1.54) is 0 Å². The molecule has 2 bridgehead atoms. The van der Waals surface area contributed by atoms with Gasteiger partial charge in [0.2, 0.25) is 0 Å². The first-order valence-electron chi connectivity index (χ1n) is 9.62. The van der Waals surface area contributed by atoms with Crippen LogP contribution >= 0.6 is 0 Å². The summed E-state index contributed by atoms with van der Waals surface area (Å²) in [7, 11) is 2.09. The topological polar surface area (TPSA) is 23.5 Å². The molecule has 2 fully saturated rings. The maximum atomic E-state index is 13.9. The summed E-state index contributed by atoms with van der Waals surface area (Å²) in [6.45, 7) is 0. The maximum Gasteiger partial charge on any atom is 0.126 e. The lowest BCUT2D eigenvalue weighted by Gasteiger charge is -2.40.